The summed E-state index contributed by atoms with van der Waals surface area (Å²) < 4.78 is 0. The van der Waals surface area contributed by atoms with E-state index in [0.29, 0.717) is 0 Å². The maximum atomic E-state index is 3.58. The van der Waals surface area contributed by atoms with Gasteiger partial charge >= 0.3 is 0 Å². The van der Waals surface area contributed by atoms with Gasteiger partial charge in [-0.25, -0.2) is 0 Å². The first kappa shape index (κ1) is 17.7. The van der Waals surface area contributed by atoms with Gasteiger partial charge in [0.25, 0.3) is 0 Å². The summed E-state index contributed by atoms with van der Waals surface area (Å²) in [5, 5.41) is 2.54. The minimum Gasteiger partial charge on any atom is -0.354 e. The molecule has 148 valence electrons. The Kier molecular flexibility index (Phi) is 4.18. The fraction of sp³-hybridized carbons (Fsp3) is 0. The standard InChI is InChI=1S/C30H21N.H2/c1-3-9-21(10-4-1)24-17-25(22-11-5-2-6-12-22)19-26(18-24)23-15-16-28-27-13-7-8-14-29(27)31-30(28)20-23;/h1-20,31H;1H. The molecular weight excluding hydrogens is 374 g/mol. The molecule has 0 unspecified atom stereocenters. The molecule has 0 amide bonds. The Hall–Kier alpha value is -4.10. The Balaban J connectivity index is 0.00000216. The first-order chi connectivity index (χ1) is 15.3. The maximum Gasteiger partial charge on any atom is 0.0471 e. The molecule has 0 bridgehead atoms. The van der Waals surface area contributed by atoms with Gasteiger partial charge in [0.05, 0.1) is 0 Å². The molecule has 0 saturated carbocycles. The molecule has 0 radical (unpaired) electrons. The van der Waals surface area contributed by atoms with Crippen molar-refractivity contribution >= 4 is 21.8 Å². The lowest BCUT2D eigenvalue weighted by Gasteiger charge is -2.11. The van der Waals surface area contributed by atoms with E-state index in [1.807, 2.05) is 0 Å². The van der Waals surface area contributed by atoms with E-state index in [2.05, 4.69) is 126 Å². The first-order valence-electron chi connectivity index (χ1n) is 10.6. The number of H-pyrrole nitrogens is 1. The van der Waals surface area contributed by atoms with E-state index in [4.69, 9.17) is 0 Å². The van der Waals surface area contributed by atoms with Crippen LogP contribution in [0.2, 0.25) is 0 Å². The summed E-state index contributed by atoms with van der Waals surface area (Å²) >= 11 is 0. The molecule has 0 aliphatic rings. The predicted molar refractivity (Wildman–Crippen MR) is 134 cm³/mol. The normalized spacial score (nSPS) is 11.2. The van der Waals surface area contributed by atoms with Gasteiger partial charge in [0.15, 0.2) is 0 Å². The van der Waals surface area contributed by atoms with Crippen molar-refractivity contribution in [1.82, 2.24) is 4.98 Å². The Morgan fingerprint density at radius 2 is 0.871 bits per heavy atom. The summed E-state index contributed by atoms with van der Waals surface area (Å²) in [7, 11) is 0. The molecule has 31 heavy (non-hydrogen) atoms. The molecule has 0 spiro atoms. The predicted octanol–water partition coefficient (Wildman–Crippen LogP) is 8.57. The van der Waals surface area contributed by atoms with Crippen LogP contribution in [0.4, 0.5) is 0 Å². The zero-order valence-corrected chi connectivity index (χ0v) is 17.0. The summed E-state index contributed by atoms with van der Waals surface area (Å²) in [6.45, 7) is 0. The Morgan fingerprint density at radius 1 is 0.355 bits per heavy atom. The molecule has 1 N–H and O–H groups in total. The van der Waals surface area contributed by atoms with Gasteiger partial charge < -0.3 is 4.98 Å². The first-order valence-corrected chi connectivity index (χ1v) is 10.6. The Labute approximate surface area is 183 Å². The molecule has 0 aliphatic carbocycles. The lowest BCUT2D eigenvalue weighted by Crippen LogP contribution is -1.86. The van der Waals surface area contributed by atoms with E-state index in [-0.39, 0.29) is 1.43 Å². The molecule has 1 heterocycles. The number of fused-ring (bicyclic) bond motifs is 3. The molecule has 0 fully saturated rings. The minimum absolute atomic E-state index is 0. The number of nitrogens with one attached hydrogen (secondary N) is 1. The maximum absolute atomic E-state index is 3.58. The van der Waals surface area contributed by atoms with Crippen molar-refractivity contribution in [3.05, 3.63) is 121 Å². The molecule has 1 heteroatoms. The number of hydrogen-bond donors (Lipinski definition) is 1. The van der Waals surface area contributed by atoms with E-state index < -0.39 is 0 Å². The third-order valence-corrected chi connectivity index (χ3v) is 5.99. The van der Waals surface area contributed by atoms with Crippen molar-refractivity contribution in [3.8, 4) is 33.4 Å². The Bertz CT molecular complexity index is 1460. The largest absolute Gasteiger partial charge is 0.354 e. The van der Waals surface area contributed by atoms with Gasteiger partial charge in [-0.3, -0.25) is 0 Å². The molecular formula is C30H23N. The van der Waals surface area contributed by atoms with E-state index in [1.165, 1.54) is 55.2 Å². The second-order valence-corrected chi connectivity index (χ2v) is 7.96. The van der Waals surface area contributed by atoms with Crippen LogP contribution in [0.3, 0.4) is 0 Å². The molecule has 0 atom stereocenters. The number of rotatable bonds is 3. The van der Waals surface area contributed by atoms with Crippen LogP contribution in [0.5, 0.6) is 0 Å². The highest BCUT2D eigenvalue weighted by Crippen LogP contribution is 2.35. The van der Waals surface area contributed by atoms with Gasteiger partial charge in [-0.15, -0.1) is 0 Å². The Morgan fingerprint density at radius 3 is 1.52 bits per heavy atom. The molecule has 6 aromatic rings. The highest BCUT2D eigenvalue weighted by molar-refractivity contribution is 6.08. The molecule has 6 rings (SSSR count). The summed E-state index contributed by atoms with van der Waals surface area (Å²) in [5.74, 6) is 0. The van der Waals surface area contributed by atoms with Gasteiger partial charge in [0.2, 0.25) is 0 Å². The van der Waals surface area contributed by atoms with Crippen LogP contribution in [0.15, 0.2) is 121 Å². The highest BCUT2D eigenvalue weighted by Gasteiger charge is 2.09. The SMILES string of the molecule is [HH].c1ccc(-c2cc(-c3ccccc3)cc(-c3ccc4c(c3)[nH]c3ccccc34)c2)cc1. The third-order valence-electron chi connectivity index (χ3n) is 5.99. The lowest BCUT2D eigenvalue weighted by molar-refractivity contribution is 1.53. The summed E-state index contributed by atoms with van der Waals surface area (Å²) in [6.07, 6.45) is 0. The number of aromatic amines is 1. The third kappa shape index (κ3) is 3.21. The van der Waals surface area contributed by atoms with E-state index in [1.54, 1.807) is 0 Å². The van der Waals surface area contributed by atoms with Gasteiger partial charge in [0, 0.05) is 23.2 Å². The van der Waals surface area contributed by atoms with Gasteiger partial charge in [-0.1, -0.05) is 91.0 Å². The van der Waals surface area contributed by atoms with Crippen molar-refractivity contribution in [2.24, 2.45) is 0 Å². The highest BCUT2D eigenvalue weighted by atomic mass is 14.7. The number of hydrogen-bond acceptors (Lipinski definition) is 0. The van der Waals surface area contributed by atoms with E-state index >= 15 is 0 Å². The van der Waals surface area contributed by atoms with Crippen molar-refractivity contribution in [1.29, 1.82) is 0 Å². The van der Waals surface area contributed by atoms with Crippen LogP contribution in [-0.4, -0.2) is 4.98 Å². The molecule has 0 aliphatic heterocycles. The monoisotopic (exact) mass is 397 g/mol. The van der Waals surface area contributed by atoms with Crippen LogP contribution in [0.1, 0.15) is 1.43 Å². The van der Waals surface area contributed by atoms with Crippen LogP contribution in [0, 0.1) is 0 Å². The molecule has 0 saturated heterocycles. The zero-order valence-electron chi connectivity index (χ0n) is 17.0. The average molecular weight is 398 g/mol. The van der Waals surface area contributed by atoms with Crippen molar-refractivity contribution < 1.29 is 1.43 Å². The summed E-state index contributed by atoms with van der Waals surface area (Å²) in [5.41, 5.74) is 9.71. The van der Waals surface area contributed by atoms with E-state index in [9.17, 15) is 0 Å². The van der Waals surface area contributed by atoms with Gasteiger partial charge in [-0.2, -0.15) is 0 Å². The summed E-state index contributed by atoms with van der Waals surface area (Å²) in [4.78, 5) is 3.58. The van der Waals surface area contributed by atoms with Gasteiger partial charge in [0.1, 0.15) is 0 Å². The van der Waals surface area contributed by atoms with Gasteiger partial charge in [-0.05, 0) is 63.7 Å². The summed E-state index contributed by atoms with van der Waals surface area (Å²) in [6, 6.07) is 43.3. The number of para-hydroxylation sites is 1. The fourth-order valence-corrected chi connectivity index (χ4v) is 4.42. The minimum atomic E-state index is 0. The van der Waals surface area contributed by atoms with Crippen molar-refractivity contribution in [2.75, 3.05) is 0 Å². The van der Waals surface area contributed by atoms with E-state index in [0.717, 1.165) is 0 Å². The van der Waals surface area contributed by atoms with Crippen LogP contribution in [-0.2, 0) is 0 Å². The van der Waals surface area contributed by atoms with Crippen LogP contribution in [0.25, 0.3) is 55.2 Å². The topological polar surface area (TPSA) is 15.8 Å². The molecule has 5 aromatic carbocycles. The second-order valence-electron chi connectivity index (χ2n) is 7.96. The lowest BCUT2D eigenvalue weighted by atomic mass is 9.93. The second kappa shape index (κ2) is 7.30. The molecule has 1 aromatic heterocycles. The number of benzene rings is 5. The quantitative estimate of drug-likeness (QED) is 0.308. The van der Waals surface area contributed by atoms with Crippen LogP contribution < -0.4 is 0 Å². The smallest absolute Gasteiger partial charge is 0.0471 e. The number of aromatic nitrogens is 1. The van der Waals surface area contributed by atoms with Crippen molar-refractivity contribution in [3.63, 3.8) is 0 Å². The average Bonchev–Trinajstić information content (AvgIpc) is 3.23. The zero-order chi connectivity index (χ0) is 20.6. The fourth-order valence-electron chi connectivity index (χ4n) is 4.42. The van der Waals surface area contributed by atoms with Crippen LogP contribution >= 0.6 is 0 Å². The molecule has 1 nitrogen and oxygen atoms in total. The van der Waals surface area contributed by atoms with Crippen molar-refractivity contribution in [2.45, 2.75) is 0 Å².